The summed E-state index contributed by atoms with van der Waals surface area (Å²) in [5.74, 6) is 1.04. The number of fused-ring (bicyclic) bond motifs is 3. The number of carbonyl (C=O) groups excluding carboxylic acids is 1. The van der Waals surface area contributed by atoms with Crippen molar-refractivity contribution in [1.82, 2.24) is 0 Å². The molecule has 114 valence electrons. The smallest absolute Gasteiger partial charge is 0.212 e. The predicted octanol–water partition coefficient (Wildman–Crippen LogP) is 4.17. The summed E-state index contributed by atoms with van der Waals surface area (Å²) in [4.78, 5) is 11.9. The number of phenolic OH excluding ortho intramolecular Hbond substituents is 1. The van der Waals surface area contributed by atoms with Gasteiger partial charge in [-0.25, -0.2) is 0 Å². The second-order valence-electron chi connectivity index (χ2n) is 5.24. The Kier molecular flexibility index (Phi) is 3.28. The van der Waals surface area contributed by atoms with Gasteiger partial charge in [0.2, 0.25) is 6.41 Å². The van der Waals surface area contributed by atoms with Crippen LogP contribution in [0.5, 0.6) is 11.5 Å². The molecule has 0 saturated carbocycles. The average Bonchev–Trinajstić information content (AvgIpc) is 2.99. The fourth-order valence-corrected chi connectivity index (χ4v) is 3.86. The van der Waals surface area contributed by atoms with Crippen LogP contribution in [-0.4, -0.2) is 11.5 Å². The van der Waals surface area contributed by atoms with Crippen molar-refractivity contribution < 1.29 is 14.6 Å². The average molecular weight is 323 g/mol. The highest BCUT2D eigenvalue weighted by Gasteiger charge is 2.29. The van der Waals surface area contributed by atoms with Gasteiger partial charge in [0.1, 0.15) is 11.5 Å². The fourth-order valence-electron chi connectivity index (χ4n) is 2.78. The van der Waals surface area contributed by atoms with Gasteiger partial charge in [-0.2, -0.15) is 0 Å². The van der Waals surface area contributed by atoms with Crippen LogP contribution in [0.2, 0.25) is 0 Å². The lowest BCUT2D eigenvalue weighted by Crippen LogP contribution is -2.13. The SMILES string of the molecule is O=CNc1cc2c(s1)-c1ccccc1OC2c1ccc(O)cc1. The van der Waals surface area contributed by atoms with E-state index in [2.05, 4.69) is 5.32 Å². The standard InChI is InChI=1S/C18H13NO3S/c20-10-19-16-9-14-17(11-5-7-12(21)8-6-11)22-15-4-2-1-3-13(15)18(14)23-16/h1-10,17,21H,(H,19,20). The van der Waals surface area contributed by atoms with Gasteiger partial charge in [-0.1, -0.05) is 24.3 Å². The summed E-state index contributed by atoms with van der Waals surface area (Å²) in [6, 6.07) is 16.8. The first kappa shape index (κ1) is 13.8. The number of benzene rings is 2. The zero-order chi connectivity index (χ0) is 15.8. The molecule has 2 aromatic carbocycles. The number of ether oxygens (including phenoxy) is 1. The summed E-state index contributed by atoms with van der Waals surface area (Å²) in [5, 5.41) is 13.0. The monoisotopic (exact) mass is 323 g/mol. The van der Waals surface area contributed by atoms with Crippen LogP contribution in [0.4, 0.5) is 5.00 Å². The lowest BCUT2D eigenvalue weighted by molar-refractivity contribution is -0.105. The first-order valence-corrected chi connectivity index (χ1v) is 7.97. The maximum atomic E-state index is 10.8. The molecule has 4 nitrogen and oxygen atoms in total. The Balaban J connectivity index is 1.87. The van der Waals surface area contributed by atoms with Crippen molar-refractivity contribution in [2.45, 2.75) is 6.10 Å². The van der Waals surface area contributed by atoms with Crippen molar-refractivity contribution in [3.8, 4) is 21.9 Å². The number of phenols is 1. The Hall–Kier alpha value is -2.79. The molecule has 0 aliphatic carbocycles. The topological polar surface area (TPSA) is 58.6 Å². The second-order valence-corrected chi connectivity index (χ2v) is 6.30. The number of thiophene rings is 1. The van der Waals surface area contributed by atoms with E-state index in [0.29, 0.717) is 6.41 Å². The molecule has 2 N–H and O–H groups in total. The van der Waals surface area contributed by atoms with Crippen LogP contribution in [0.25, 0.3) is 10.4 Å². The van der Waals surface area contributed by atoms with E-state index in [-0.39, 0.29) is 11.9 Å². The molecule has 1 aromatic heterocycles. The lowest BCUT2D eigenvalue weighted by Gasteiger charge is -2.26. The summed E-state index contributed by atoms with van der Waals surface area (Å²) < 4.78 is 6.18. The predicted molar refractivity (Wildman–Crippen MR) is 90.0 cm³/mol. The number of hydrogen-bond donors (Lipinski definition) is 2. The Bertz CT molecular complexity index is 870. The number of aromatic hydroxyl groups is 1. The van der Waals surface area contributed by atoms with Crippen LogP contribution in [0.15, 0.2) is 54.6 Å². The van der Waals surface area contributed by atoms with E-state index in [9.17, 15) is 9.90 Å². The number of nitrogens with one attached hydrogen (secondary N) is 1. The molecule has 1 aliphatic rings. The number of amides is 1. The van der Waals surface area contributed by atoms with E-state index < -0.39 is 0 Å². The van der Waals surface area contributed by atoms with Crippen molar-refractivity contribution in [3.63, 3.8) is 0 Å². The van der Waals surface area contributed by atoms with Gasteiger partial charge in [0.15, 0.2) is 6.10 Å². The van der Waals surface area contributed by atoms with Gasteiger partial charge in [0.25, 0.3) is 0 Å². The van der Waals surface area contributed by atoms with Crippen molar-refractivity contribution in [2.24, 2.45) is 0 Å². The summed E-state index contributed by atoms with van der Waals surface area (Å²) in [7, 11) is 0. The molecule has 1 aliphatic heterocycles. The quantitative estimate of drug-likeness (QED) is 0.711. The van der Waals surface area contributed by atoms with Crippen molar-refractivity contribution in [2.75, 3.05) is 5.32 Å². The van der Waals surface area contributed by atoms with Gasteiger partial charge in [-0.05, 0) is 35.9 Å². The molecule has 0 fully saturated rings. The maximum absolute atomic E-state index is 10.8. The third-order valence-electron chi connectivity index (χ3n) is 3.82. The molecule has 0 spiro atoms. The molecule has 2 heterocycles. The van der Waals surface area contributed by atoms with Gasteiger partial charge < -0.3 is 15.2 Å². The zero-order valence-corrected chi connectivity index (χ0v) is 12.8. The van der Waals surface area contributed by atoms with Gasteiger partial charge in [0, 0.05) is 16.0 Å². The molecular formula is C18H13NO3S. The van der Waals surface area contributed by atoms with Crippen molar-refractivity contribution >= 4 is 22.7 Å². The van der Waals surface area contributed by atoms with Gasteiger partial charge in [-0.3, -0.25) is 4.79 Å². The molecule has 0 radical (unpaired) electrons. The van der Waals surface area contributed by atoms with Crippen LogP contribution in [0.3, 0.4) is 0 Å². The second kappa shape index (κ2) is 5.44. The molecule has 0 bridgehead atoms. The molecular weight excluding hydrogens is 310 g/mol. The molecule has 1 amide bonds. The molecule has 5 heteroatoms. The number of hydrogen-bond acceptors (Lipinski definition) is 4. The Morgan fingerprint density at radius 2 is 1.91 bits per heavy atom. The lowest BCUT2D eigenvalue weighted by atomic mass is 9.96. The van der Waals surface area contributed by atoms with Gasteiger partial charge >= 0.3 is 0 Å². The Morgan fingerprint density at radius 3 is 2.70 bits per heavy atom. The zero-order valence-electron chi connectivity index (χ0n) is 12.0. The number of para-hydroxylation sites is 1. The minimum absolute atomic E-state index is 0.221. The summed E-state index contributed by atoms with van der Waals surface area (Å²) >= 11 is 1.53. The molecule has 1 atom stereocenters. The van der Waals surface area contributed by atoms with E-state index in [4.69, 9.17) is 4.74 Å². The van der Waals surface area contributed by atoms with E-state index in [0.717, 1.165) is 32.3 Å². The van der Waals surface area contributed by atoms with E-state index in [1.807, 2.05) is 42.5 Å². The molecule has 0 saturated heterocycles. The molecule has 3 aromatic rings. The van der Waals surface area contributed by atoms with Crippen LogP contribution < -0.4 is 10.1 Å². The van der Waals surface area contributed by atoms with Crippen molar-refractivity contribution in [1.29, 1.82) is 0 Å². The largest absolute Gasteiger partial charge is 0.508 e. The molecule has 4 rings (SSSR count). The van der Waals surface area contributed by atoms with Crippen molar-refractivity contribution in [3.05, 3.63) is 65.7 Å². The van der Waals surface area contributed by atoms with Crippen LogP contribution in [0, 0.1) is 0 Å². The minimum Gasteiger partial charge on any atom is -0.508 e. The Morgan fingerprint density at radius 1 is 1.13 bits per heavy atom. The summed E-state index contributed by atoms with van der Waals surface area (Å²) in [6.45, 7) is 0. The number of rotatable bonds is 3. The number of anilines is 1. The van der Waals surface area contributed by atoms with Crippen LogP contribution >= 0.6 is 11.3 Å². The van der Waals surface area contributed by atoms with Crippen LogP contribution in [-0.2, 0) is 4.79 Å². The van der Waals surface area contributed by atoms with Gasteiger partial charge in [-0.15, -0.1) is 11.3 Å². The Labute approximate surface area is 137 Å². The van der Waals surface area contributed by atoms with Crippen LogP contribution in [0.1, 0.15) is 17.2 Å². The normalized spacial score (nSPS) is 15.2. The molecule has 23 heavy (non-hydrogen) atoms. The highest BCUT2D eigenvalue weighted by Crippen LogP contribution is 2.49. The first-order chi connectivity index (χ1) is 11.3. The third kappa shape index (κ3) is 2.35. The highest BCUT2D eigenvalue weighted by molar-refractivity contribution is 7.19. The van der Waals surface area contributed by atoms with E-state index in [1.54, 1.807) is 12.1 Å². The molecule has 1 unspecified atom stereocenters. The van der Waals surface area contributed by atoms with Gasteiger partial charge in [0.05, 0.1) is 5.00 Å². The highest BCUT2D eigenvalue weighted by atomic mass is 32.1. The summed E-state index contributed by atoms with van der Waals surface area (Å²) in [6.07, 6.45) is 0.415. The third-order valence-corrected chi connectivity index (χ3v) is 4.93. The fraction of sp³-hybridized carbons (Fsp3) is 0.0556. The first-order valence-electron chi connectivity index (χ1n) is 7.15. The van der Waals surface area contributed by atoms with E-state index in [1.165, 1.54) is 11.3 Å². The van der Waals surface area contributed by atoms with E-state index >= 15 is 0 Å². The minimum atomic E-state index is -0.265. The maximum Gasteiger partial charge on any atom is 0.212 e. The summed E-state index contributed by atoms with van der Waals surface area (Å²) in [5.41, 5.74) is 3.00. The number of carbonyl (C=O) groups is 1.